The van der Waals surface area contributed by atoms with Gasteiger partial charge < -0.3 is 19.9 Å². The van der Waals surface area contributed by atoms with Crippen LogP contribution in [-0.4, -0.2) is 72.3 Å². The Labute approximate surface area is 276 Å². The molecule has 2 aromatic heterocycles. The summed E-state index contributed by atoms with van der Waals surface area (Å²) in [6.07, 6.45) is 1.84. The predicted octanol–water partition coefficient (Wildman–Crippen LogP) is 6.66. The van der Waals surface area contributed by atoms with Crippen molar-refractivity contribution in [2.45, 2.75) is 26.4 Å². The Morgan fingerprint density at radius 1 is 0.783 bits per heavy atom. The lowest BCUT2D eigenvalue weighted by Crippen LogP contribution is -2.46. The second-order valence-corrected chi connectivity index (χ2v) is 12.7. The predicted molar refractivity (Wildman–Crippen MR) is 187 cm³/mol. The Kier molecular flexibility index (Phi) is 9.01. The van der Waals surface area contributed by atoms with Crippen molar-refractivity contribution in [1.82, 2.24) is 19.9 Å². The van der Waals surface area contributed by atoms with Crippen molar-refractivity contribution in [1.29, 1.82) is 0 Å². The maximum atomic E-state index is 6.26. The number of morpholine rings is 1. The van der Waals surface area contributed by atoms with Crippen LogP contribution in [0.5, 0.6) is 0 Å². The molecular weight excluding hydrogens is 594 g/mol. The zero-order chi connectivity index (χ0) is 31.5. The summed E-state index contributed by atoms with van der Waals surface area (Å²) in [6, 6.07) is 27.9. The molecule has 0 aliphatic carbocycles. The van der Waals surface area contributed by atoms with Gasteiger partial charge in [-0.2, -0.15) is 4.98 Å². The molecule has 2 aliphatic heterocycles. The molecule has 1 atom stereocenters. The number of piperazine rings is 1. The molecule has 1 unspecified atom stereocenters. The molecule has 46 heavy (non-hydrogen) atoms. The number of anilines is 3. The van der Waals surface area contributed by atoms with Crippen molar-refractivity contribution in [3.05, 3.63) is 118 Å². The van der Waals surface area contributed by atoms with E-state index >= 15 is 0 Å². The van der Waals surface area contributed by atoms with Crippen LogP contribution in [0, 0.1) is 13.8 Å². The zero-order valence-corrected chi connectivity index (χ0v) is 27.2. The van der Waals surface area contributed by atoms with Gasteiger partial charge in [-0.1, -0.05) is 65.7 Å². The number of fused-ring (bicyclic) bond motifs is 1. The van der Waals surface area contributed by atoms with Gasteiger partial charge in [-0.25, -0.2) is 4.98 Å². The lowest BCUT2D eigenvalue weighted by Gasteiger charge is -2.36. The molecule has 7 rings (SSSR count). The third-order valence-electron chi connectivity index (χ3n) is 8.95. The fraction of sp³-hybridized carbons (Fsp3) is 0.324. The molecule has 5 aromatic rings. The molecule has 9 heteroatoms. The molecule has 0 bridgehead atoms. The number of hydrogen-bond donors (Lipinski definition) is 1. The highest BCUT2D eigenvalue weighted by Gasteiger charge is 2.22. The fourth-order valence-electron chi connectivity index (χ4n) is 6.33. The van der Waals surface area contributed by atoms with Crippen LogP contribution in [0.3, 0.4) is 0 Å². The van der Waals surface area contributed by atoms with Crippen molar-refractivity contribution in [2.24, 2.45) is 0 Å². The summed E-state index contributed by atoms with van der Waals surface area (Å²) in [7, 11) is 0. The lowest BCUT2D eigenvalue weighted by atomic mass is 9.96. The number of hydrogen-bond acceptors (Lipinski definition) is 8. The number of nitrogens with one attached hydrogen (secondary N) is 1. The van der Waals surface area contributed by atoms with Crippen molar-refractivity contribution in [3.8, 4) is 0 Å². The third kappa shape index (κ3) is 6.94. The summed E-state index contributed by atoms with van der Waals surface area (Å²) in [4.78, 5) is 21.4. The molecule has 1 N–H and O–H groups in total. The highest BCUT2D eigenvalue weighted by atomic mass is 35.5. The molecule has 3 aromatic carbocycles. The van der Waals surface area contributed by atoms with Gasteiger partial charge in [0.25, 0.3) is 0 Å². The Morgan fingerprint density at radius 2 is 1.50 bits per heavy atom. The number of rotatable bonds is 8. The lowest BCUT2D eigenvalue weighted by molar-refractivity contribution is 0.122. The molecule has 2 fully saturated rings. The molecule has 4 heterocycles. The monoisotopic (exact) mass is 633 g/mol. The first-order chi connectivity index (χ1) is 22.5. The Bertz CT molecular complexity index is 1780. The maximum Gasteiger partial charge on any atom is 0.227 e. The third-order valence-corrected chi connectivity index (χ3v) is 9.19. The Hall–Kier alpha value is -4.24. The first kappa shape index (κ1) is 30.4. The number of halogens is 1. The van der Waals surface area contributed by atoms with Crippen LogP contribution in [0.2, 0.25) is 5.02 Å². The Balaban J connectivity index is 1.04. The summed E-state index contributed by atoms with van der Waals surface area (Å²) in [5, 5.41) is 5.56. The van der Waals surface area contributed by atoms with Crippen LogP contribution in [0.25, 0.3) is 10.9 Å². The normalized spacial score (nSPS) is 16.5. The first-order valence-electron chi connectivity index (χ1n) is 16.1. The van der Waals surface area contributed by atoms with Gasteiger partial charge in [0.15, 0.2) is 0 Å². The molecule has 0 radical (unpaired) electrons. The smallest absolute Gasteiger partial charge is 0.227 e. The fourth-order valence-corrected chi connectivity index (χ4v) is 6.50. The number of nitrogens with zero attached hydrogens (tertiary/aromatic N) is 6. The van der Waals surface area contributed by atoms with Gasteiger partial charge in [-0.15, -0.1) is 0 Å². The van der Waals surface area contributed by atoms with E-state index in [2.05, 4.69) is 93.4 Å². The van der Waals surface area contributed by atoms with E-state index in [1.54, 1.807) is 0 Å². The minimum Gasteiger partial charge on any atom is -0.378 e. The summed E-state index contributed by atoms with van der Waals surface area (Å²) < 4.78 is 5.52. The van der Waals surface area contributed by atoms with E-state index in [0.29, 0.717) is 5.02 Å². The van der Waals surface area contributed by atoms with E-state index in [4.69, 9.17) is 26.3 Å². The number of aromatic nitrogens is 3. The largest absolute Gasteiger partial charge is 0.378 e. The van der Waals surface area contributed by atoms with Crippen LogP contribution in [0.1, 0.15) is 34.0 Å². The van der Waals surface area contributed by atoms with Gasteiger partial charge in [0.05, 0.1) is 24.8 Å². The topological polar surface area (TPSA) is 69.7 Å². The highest BCUT2D eigenvalue weighted by molar-refractivity contribution is 6.31. The van der Waals surface area contributed by atoms with E-state index in [9.17, 15) is 0 Å². The number of benzene rings is 3. The first-order valence-corrected chi connectivity index (χ1v) is 16.5. The summed E-state index contributed by atoms with van der Waals surface area (Å²) in [5.74, 6) is 1.85. The van der Waals surface area contributed by atoms with E-state index in [0.717, 1.165) is 93.1 Å². The van der Waals surface area contributed by atoms with Crippen LogP contribution in [0.4, 0.5) is 17.5 Å². The number of pyridine rings is 1. The minimum absolute atomic E-state index is 0.0156. The zero-order valence-electron chi connectivity index (χ0n) is 26.5. The van der Waals surface area contributed by atoms with E-state index < -0.39 is 0 Å². The van der Waals surface area contributed by atoms with Crippen molar-refractivity contribution in [3.63, 3.8) is 0 Å². The number of ether oxygens (including phenoxy) is 1. The van der Waals surface area contributed by atoms with Crippen molar-refractivity contribution in [2.75, 3.05) is 67.6 Å². The second-order valence-electron chi connectivity index (χ2n) is 12.3. The molecule has 2 saturated heterocycles. The van der Waals surface area contributed by atoms with Crippen LogP contribution in [-0.2, 0) is 11.3 Å². The molecule has 0 saturated carbocycles. The second kappa shape index (κ2) is 13.6. The van der Waals surface area contributed by atoms with Crippen LogP contribution < -0.4 is 15.1 Å². The molecule has 2 aliphatic rings. The van der Waals surface area contributed by atoms with E-state index in [1.807, 2.05) is 30.5 Å². The van der Waals surface area contributed by atoms with E-state index in [-0.39, 0.29) is 6.04 Å². The van der Waals surface area contributed by atoms with Crippen LogP contribution in [0.15, 0.2) is 85.1 Å². The highest BCUT2D eigenvalue weighted by Crippen LogP contribution is 2.32. The minimum atomic E-state index is -0.0156. The van der Waals surface area contributed by atoms with Gasteiger partial charge in [0.1, 0.15) is 5.82 Å². The quantitative estimate of drug-likeness (QED) is 0.204. The SMILES string of the molecule is Cc1ccc(C(Nc2ccnc3cc(Cl)ccc23)c2ccc(CN3CCN(c4cc(C)nc(N5CCOCC5)n4)CC3)cc2)cc1. The van der Waals surface area contributed by atoms with Gasteiger partial charge in [-0.3, -0.25) is 9.88 Å². The van der Waals surface area contributed by atoms with Gasteiger partial charge in [-0.05, 0) is 54.8 Å². The van der Waals surface area contributed by atoms with Gasteiger partial charge >= 0.3 is 0 Å². The van der Waals surface area contributed by atoms with E-state index in [1.165, 1.54) is 22.3 Å². The molecule has 0 spiro atoms. The maximum absolute atomic E-state index is 6.26. The standard InChI is InChI=1S/C37H40ClN7O/c1-26-3-7-29(8-4-26)36(41-33-13-14-39-34-24-31(38)11-12-32(33)34)30-9-5-28(6-10-30)25-43-15-17-44(18-16-43)35-23-27(2)40-37(42-35)45-19-21-46-22-20-45/h3-14,23-24,36H,15-22,25H2,1-2H3,(H,39,41). The molecule has 8 nitrogen and oxygen atoms in total. The average Bonchev–Trinajstić information content (AvgIpc) is 3.08. The van der Waals surface area contributed by atoms with Gasteiger partial charge in [0.2, 0.25) is 5.95 Å². The average molecular weight is 634 g/mol. The van der Waals surface area contributed by atoms with Crippen LogP contribution >= 0.6 is 11.6 Å². The summed E-state index contributed by atoms with van der Waals surface area (Å²) >= 11 is 6.26. The summed E-state index contributed by atoms with van der Waals surface area (Å²) in [5.41, 5.74) is 7.91. The van der Waals surface area contributed by atoms with Crippen molar-refractivity contribution >= 4 is 40.0 Å². The van der Waals surface area contributed by atoms with Crippen molar-refractivity contribution < 1.29 is 4.74 Å². The number of aryl methyl sites for hydroxylation is 2. The molecule has 236 valence electrons. The Morgan fingerprint density at radius 3 is 2.24 bits per heavy atom. The molecular formula is C37H40ClN7O. The van der Waals surface area contributed by atoms with Gasteiger partial charge in [0, 0.05) is 79.9 Å². The molecule has 0 amide bonds. The summed E-state index contributed by atoms with van der Waals surface area (Å²) in [6.45, 7) is 12.1.